The second-order valence-corrected chi connectivity index (χ2v) is 7.32. The van der Waals surface area contributed by atoms with Gasteiger partial charge in [-0.25, -0.2) is 13.1 Å². The smallest absolute Gasteiger partial charge is 0.208 e. The van der Waals surface area contributed by atoms with Gasteiger partial charge in [0.25, 0.3) is 0 Å². The largest absolute Gasteiger partial charge is 0.371 e. The van der Waals surface area contributed by atoms with Crippen LogP contribution in [0.3, 0.4) is 0 Å². The second-order valence-electron chi connectivity index (χ2n) is 5.49. The van der Waals surface area contributed by atoms with Gasteiger partial charge in [-0.05, 0) is 49.4 Å². The number of sulfonamides is 1. The molecule has 5 heteroatoms. The van der Waals surface area contributed by atoms with E-state index in [-0.39, 0.29) is 0 Å². The summed E-state index contributed by atoms with van der Waals surface area (Å²) in [7, 11) is -3.07. The topological polar surface area (TPSA) is 49.4 Å². The third-order valence-electron chi connectivity index (χ3n) is 3.78. The molecule has 19 heavy (non-hydrogen) atoms. The molecule has 1 aromatic rings. The molecule has 0 spiro atoms. The normalized spacial score (nSPS) is 19.9. The van der Waals surface area contributed by atoms with Gasteiger partial charge in [0.2, 0.25) is 10.0 Å². The zero-order valence-electron chi connectivity index (χ0n) is 11.8. The van der Waals surface area contributed by atoms with E-state index in [1.165, 1.54) is 23.1 Å². The molecule has 106 valence electrons. The van der Waals surface area contributed by atoms with Crippen LogP contribution in [-0.4, -0.2) is 34.3 Å². The zero-order valence-corrected chi connectivity index (χ0v) is 12.6. The summed E-state index contributed by atoms with van der Waals surface area (Å²) < 4.78 is 24.8. The number of aryl methyl sites for hydroxylation is 2. The highest BCUT2D eigenvalue weighted by Gasteiger charge is 2.23. The van der Waals surface area contributed by atoms with Crippen molar-refractivity contribution in [2.45, 2.75) is 20.3 Å². The SMILES string of the molecule is Cc1ccc(N2CCC(CNS(C)(=O)=O)C2)cc1C. The Morgan fingerprint density at radius 2 is 2.05 bits per heavy atom. The van der Waals surface area contributed by atoms with Gasteiger partial charge in [-0.3, -0.25) is 0 Å². The van der Waals surface area contributed by atoms with Crippen LogP contribution in [0.4, 0.5) is 5.69 Å². The van der Waals surface area contributed by atoms with Crippen molar-refractivity contribution in [2.75, 3.05) is 30.8 Å². The van der Waals surface area contributed by atoms with Crippen LogP contribution in [0.25, 0.3) is 0 Å². The fourth-order valence-electron chi connectivity index (χ4n) is 2.43. The number of benzene rings is 1. The van der Waals surface area contributed by atoms with Crippen molar-refractivity contribution < 1.29 is 8.42 Å². The summed E-state index contributed by atoms with van der Waals surface area (Å²) in [6.07, 6.45) is 2.25. The lowest BCUT2D eigenvalue weighted by atomic mass is 10.1. The molecule has 1 aliphatic rings. The van der Waals surface area contributed by atoms with Gasteiger partial charge < -0.3 is 4.90 Å². The van der Waals surface area contributed by atoms with E-state index >= 15 is 0 Å². The van der Waals surface area contributed by atoms with Crippen molar-refractivity contribution in [1.82, 2.24) is 4.72 Å². The van der Waals surface area contributed by atoms with E-state index in [0.717, 1.165) is 19.5 Å². The van der Waals surface area contributed by atoms with Crippen molar-refractivity contribution in [2.24, 2.45) is 5.92 Å². The van der Waals surface area contributed by atoms with Crippen LogP contribution in [0.1, 0.15) is 17.5 Å². The van der Waals surface area contributed by atoms with Crippen molar-refractivity contribution in [3.63, 3.8) is 0 Å². The number of nitrogens with zero attached hydrogens (tertiary/aromatic N) is 1. The van der Waals surface area contributed by atoms with Crippen molar-refractivity contribution in [1.29, 1.82) is 0 Å². The van der Waals surface area contributed by atoms with Crippen LogP contribution < -0.4 is 9.62 Å². The van der Waals surface area contributed by atoms with Gasteiger partial charge >= 0.3 is 0 Å². The van der Waals surface area contributed by atoms with E-state index in [1.54, 1.807) is 0 Å². The van der Waals surface area contributed by atoms with Gasteiger partial charge in [0.1, 0.15) is 0 Å². The molecular formula is C14H22N2O2S. The number of rotatable bonds is 4. The minimum Gasteiger partial charge on any atom is -0.371 e. The minimum absolute atomic E-state index is 0.399. The average molecular weight is 282 g/mol. The van der Waals surface area contributed by atoms with Crippen LogP contribution >= 0.6 is 0 Å². The summed E-state index contributed by atoms with van der Waals surface area (Å²) in [5, 5.41) is 0. The molecule has 0 bridgehead atoms. The van der Waals surface area contributed by atoms with Gasteiger partial charge in [0, 0.05) is 25.3 Å². The van der Waals surface area contributed by atoms with Crippen LogP contribution in [0.2, 0.25) is 0 Å². The molecule has 0 aliphatic carbocycles. The summed E-state index contributed by atoms with van der Waals surface area (Å²) >= 11 is 0. The molecule has 0 saturated carbocycles. The maximum atomic E-state index is 11.1. The van der Waals surface area contributed by atoms with Crippen LogP contribution in [-0.2, 0) is 10.0 Å². The van der Waals surface area contributed by atoms with Crippen LogP contribution in [0, 0.1) is 19.8 Å². The molecular weight excluding hydrogens is 260 g/mol. The van der Waals surface area contributed by atoms with E-state index in [0.29, 0.717) is 12.5 Å². The van der Waals surface area contributed by atoms with Gasteiger partial charge in [-0.2, -0.15) is 0 Å². The lowest BCUT2D eigenvalue weighted by molar-refractivity contribution is 0.545. The third-order valence-corrected chi connectivity index (χ3v) is 4.47. The van der Waals surface area contributed by atoms with Crippen LogP contribution in [0.5, 0.6) is 0 Å². The summed E-state index contributed by atoms with van der Waals surface area (Å²) in [6.45, 7) is 6.70. The van der Waals surface area contributed by atoms with Gasteiger partial charge in [0.05, 0.1) is 6.26 Å². The first-order valence-corrected chi connectivity index (χ1v) is 8.51. The van der Waals surface area contributed by atoms with Crippen molar-refractivity contribution in [3.8, 4) is 0 Å². The molecule has 2 rings (SSSR count). The molecule has 1 atom stereocenters. The Balaban J connectivity index is 1.96. The molecule has 1 heterocycles. The second kappa shape index (κ2) is 5.51. The first-order valence-electron chi connectivity index (χ1n) is 6.62. The summed E-state index contributed by atoms with van der Waals surface area (Å²) in [5.74, 6) is 0.399. The van der Waals surface area contributed by atoms with Gasteiger partial charge in [-0.1, -0.05) is 6.07 Å². The van der Waals surface area contributed by atoms with E-state index in [4.69, 9.17) is 0 Å². The first-order chi connectivity index (χ1) is 8.85. The molecule has 1 unspecified atom stereocenters. The van der Waals surface area contributed by atoms with Crippen molar-refractivity contribution in [3.05, 3.63) is 29.3 Å². The molecule has 0 aromatic heterocycles. The average Bonchev–Trinajstić information content (AvgIpc) is 2.78. The van der Waals surface area contributed by atoms with E-state index in [1.807, 2.05) is 0 Å². The molecule has 0 amide bonds. The quantitative estimate of drug-likeness (QED) is 0.914. The Labute approximate surface area is 115 Å². The number of hydrogen-bond acceptors (Lipinski definition) is 3. The molecule has 1 aliphatic heterocycles. The summed E-state index contributed by atoms with van der Waals surface area (Å²) in [6, 6.07) is 6.50. The predicted octanol–water partition coefficient (Wildman–Crippen LogP) is 1.68. The molecule has 1 aromatic carbocycles. The number of nitrogens with one attached hydrogen (secondary N) is 1. The lowest BCUT2D eigenvalue weighted by Crippen LogP contribution is -2.30. The van der Waals surface area contributed by atoms with Gasteiger partial charge in [-0.15, -0.1) is 0 Å². The molecule has 0 radical (unpaired) electrons. The first kappa shape index (κ1) is 14.3. The Bertz CT molecular complexity index is 555. The maximum absolute atomic E-state index is 11.1. The fraction of sp³-hybridized carbons (Fsp3) is 0.571. The lowest BCUT2D eigenvalue weighted by Gasteiger charge is -2.20. The molecule has 1 N–H and O–H groups in total. The zero-order chi connectivity index (χ0) is 14.0. The highest BCUT2D eigenvalue weighted by molar-refractivity contribution is 7.88. The standard InChI is InChI=1S/C14H22N2O2S/c1-11-4-5-14(8-12(11)2)16-7-6-13(10-16)9-15-19(3,17)18/h4-5,8,13,15H,6-7,9-10H2,1-3H3. The van der Waals surface area contributed by atoms with E-state index < -0.39 is 10.0 Å². The highest BCUT2D eigenvalue weighted by Crippen LogP contribution is 2.25. The molecule has 4 nitrogen and oxygen atoms in total. The summed E-state index contributed by atoms with van der Waals surface area (Å²) in [5.41, 5.74) is 3.85. The number of anilines is 1. The molecule has 1 fully saturated rings. The Kier molecular flexibility index (Phi) is 4.16. The Morgan fingerprint density at radius 3 is 2.68 bits per heavy atom. The Hall–Kier alpha value is -1.07. The van der Waals surface area contributed by atoms with Crippen molar-refractivity contribution >= 4 is 15.7 Å². The predicted molar refractivity (Wildman–Crippen MR) is 79.1 cm³/mol. The minimum atomic E-state index is -3.07. The van der Waals surface area contributed by atoms with Crippen LogP contribution in [0.15, 0.2) is 18.2 Å². The van der Waals surface area contributed by atoms with E-state index in [2.05, 4.69) is 41.7 Å². The monoisotopic (exact) mass is 282 g/mol. The maximum Gasteiger partial charge on any atom is 0.208 e. The molecule has 1 saturated heterocycles. The van der Waals surface area contributed by atoms with E-state index in [9.17, 15) is 8.42 Å². The highest BCUT2D eigenvalue weighted by atomic mass is 32.2. The Morgan fingerprint density at radius 1 is 1.32 bits per heavy atom. The summed E-state index contributed by atoms with van der Waals surface area (Å²) in [4.78, 5) is 2.33. The number of hydrogen-bond donors (Lipinski definition) is 1. The van der Waals surface area contributed by atoms with Gasteiger partial charge in [0.15, 0.2) is 0 Å². The third kappa shape index (κ3) is 3.94. The fourth-order valence-corrected chi connectivity index (χ4v) is 2.96.